The molecule has 0 unspecified atom stereocenters. The second-order valence-corrected chi connectivity index (χ2v) is 3.35. The van der Waals surface area contributed by atoms with Gasteiger partial charge in [-0.1, -0.05) is 0 Å². The van der Waals surface area contributed by atoms with Gasteiger partial charge >= 0.3 is 5.97 Å². The number of hydrogen-bond donors (Lipinski definition) is 1. The number of carboxylic acids is 1. The molecule has 1 heterocycles. The summed E-state index contributed by atoms with van der Waals surface area (Å²) in [5.41, 5.74) is 1.67. The highest BCUT2D eigenvalue weighted by Crippen LogP contribution is 2.15. The number of carbonyl (C=O) groups is 2. The fourth-order valence-electron chi connectivity index (χ4n) is 1.40. The molecule has 0 spiro atoms. The fourth-order valence-corrected chi connectivity index (χ4v) is 1.40. The van der Waals surface area contributed by atoms with Crippen molar-refractivity contribution in [3.05, 3.63) is 30.2 Å². The smallest absolute Gasteiger partial charge is 0.303 e. The molecular formula is C11H9NO4. The SMILES string of the molecule is O=C(O)CCC(=O)c1ccc2ocnc2c1. The summed E-state index contributed by atoms with van der Waals surface area (Å²) in [4.78, 5) is 25.8. The summed E-state index contributed by atoms with van der Waals surface area (Å²) >= 11 is 0. The van der Waals surface area contributed by atoms with Crippen molar-refractivity contribution in [2.45, 2.75) is 12.8 Å². The molecule has 0 saturated heterocycles. The Morgan fingerprint density at radius 1 is 1.31 bits per heavy atom. The van der Waals surface area contributed by atoms with Crippen LogP contribution in [0.3, 0.4) is 0 Å². The summed E-state index contributed by atoms with van der Waals surface area (Å²) in [6, 6.07) is 4.86. The van der Waals surface area contributed by atoms with Crippen LogP contribution in [-0.4, -0.2) is 21.8 Å². The molecule has 0 fully saturated rings. The number of nitrogens with zero attached hydrogens (tertiary/aromatic N) is 1. The lowest BCUT2D eigenvalue weighted by molar-refractivity contribution is -0.136. The normalized spacial score (nSPS) is 10.5. The molecule has 1 aromatic heterocycles. The Kier molecular flexibility index (Phi) is 2.68. The quantitative estimate of drug-likeness (QED) is 0.794. The van der Waals surface area contributed by atoms with E-state index in [1.54, 1.807) is 18.2 Å². The van der Waals surface area contributed by atoms with E-state index >= 15 is 0 Å². The molecule has 2 rings (SSSR count). The molecule has 0 aliphatic heterocycles. The molecular weight excluding hydrogens is 210 g/mol. The summed E-state index contributed by atoms with van der Waals surface area (Å²) in [7, 11) is 0. The molecule has 0 bridgehead atoms. The van der Waals surface area contributed by atoms with Crippen LogP contribution in [0.5, 0.6) is 0 Å². The monoisotopic (exact) mass is 219 g/mol. The molecule has 0 aliphatic rings. The van der Waals surface area contributed by atoms with Crippen LogP contribution in [0.1, 0.15) is 23.2 Å². The number of carbonyl (C=O) groups excluding carboxylic acids is 1. The standard InChI is InChI=1S/C11H9NO4/c13-9(2-4-11(14)15)7-1-3-10-8(5-7)12-6-16-10/h1,3,5-6H,2,4H2,(H,14,15). The zero-order valence-corrected chi connectivity index (χ0v) is 8.34. The first kappa shape index (κ1) is 10.4. The number of oxazole rings is 1. The Bertz CT molecular complexity index is 544. The number of ketones is 1. The van der Waals surface area contributed by atoms with Gasteiger partial charge in [0.25, 0.3) is 0 Å². The minimum absolute atomic E-state index is 0.00130. The minimum Gasteiger partial charge on any atom is -0.481 e. The number of aliphatic carboxylic acids is 1. The number of Topliss-reactive ketones (excluding diaryl/α,β-unsaturated/α-hetero) is 1. The van der Waals surface area contributed by atoms with Gasteiger partial charge in [0.15, 0.2) is 17.8 Å². The van der Waals surface area contributed by atoms with E-state index in [0.717, 1.165) is 0 Å². The zero-order valence-electron chi connectivity index (χ0n) is 8.34. The van der Waals surface area contributed by atoms with Crippen molar-refractivity contribution in [1.82, 2.24) is 4.98 Å². The number of hydrogen-bond acceptors (Lipinski definition) is 4. The summed E-state index contributed by atoms with van der Waals surface area (Å²) < 4.78 is 5.03. The molecule has 16 heavy (non-hydrogen) atoms. The molecule has 0 atom stereocenters. The molecule has 5 heteroatoms. The average molecular weight is 219 g/mol. The summed E-state index contributed by atoms with van der Waals surface area (Å²) in [5, 5.41) is 8.47. The van der Waals surface area contributed by atoms with Gasteiger partial charge in [-0.15, -0.1) is 0 Å². The predicted molar refractivity (Wildman–Crippen MR) is 55.2 cm³/mol. The van der Waals surface area contributed by atoms with Gasteiger partial charge in [-0.3, -0.25) is 9.59 Å². The lowest BCUT2D eigenvalue weighted by Gasteiger charge is -1.98. The first-order valence-corrected chi connectivity index (χ1v) is 4.75. The largest absolute Gasteiger partial charge is 0.481 e. The van der Waals surface area contributed by atoms with Crippen LogP contribution in [0.15, 0.2) is 29.0 Å². The Balaban J connectivity index is 2.19. The van der Waals surface area contributed by atoms with Crippen molar-refractivity contribution in [3.63, 3.8) is 0 Å². The van der Waals surface area contributed by atoms with E-state index in [0.29, 0.717) is 16.7 Å². The molecule has 2 aromatic rings. The second kappa shape index (κ2) is 4.14. The molecule has 0 aliphatic carbocycles. The highest BCUT2D eigenvalue weighted by molar-refractivity contribution is 5.99. The molecule has 0 amide bonds. The molecule has 1 N–H and O–H groups in total. The first-order valence-electron chi connectivity index (χ1n) is 4.75. The van der Waals surface area contributed by atoms with E-state index in [9.17, 15) is 9.59 Å². The first-order chi connectivity index (χ1) is 7.66. The van der Waals surface area contributed by atoms with Crippen molar-refractivity contribution < 1.29 is 19.1 Å². The van der Waals surface area contributed by atoms with Crippen LogP contribution in [0.2, 0.25) is 0 Å². The minimum atomic E-state index is -0.976. The van der Waals surface area contributed by atoms with Gasteiger partial charge in [-0.25, -0.2) is 4.98 Å². The Hall–Kier alpha value is -2.17. The second-order valence-electron chi connectivity index (χ2n) is 3.35. The average Bonchev–Trinajstić information content (AvgIpc) is 2.72. The van der Waals surface area contributed by atoms with Gasteiger partial charge < -0.3 is 9.52 Å². The molecule has 0 saturated carbocycles. The van der Waals surface area contributed by atoms with Crippen LogP contribution >= 0.6 is 0 Å². The van der Waals surface area contributed by atoms with E-state index in [-0.39, 0.29) is 18.6 Å². The molecule has 0 radical (unpaired) electrons. The number of fused-ring (bicyclic) bond motifs is 1. The van der Waals surface area contributed by atoms with Crippen LogP contribution < -0.4 is 0 Å². The number of benzene rings is 1. The van der Waals surface area contributed by atoms with Gasteiger partial charge in [0.05, 0.1) is 6.42 Å². The maximum absolute atomic E-state index is 11.6. The highest BCUT2D eigenvalue weighted by atomic mass is 16.4. The molecule has 5 nitrogen and oxygen atoms in total. The molecule has 1 aromatic carbocycles. The maximum Gasteiger partial charge on any atom is 0.303 e. The van der Waals surface area contributed by atoms with Crippen molar-refractivity contribution in [1.29, 1.82) is 0 Å². The third-order valence-corrected chi connectivity index (χ3v) is 2.22. The Morgan fingerprint density at radius 2 is 2.12 bits per heavy atom. The lowest BCUT2D eigenvalue weighted by Crippen LogP contribution is -2.03. The number of rotatable bonds is 4. The van der Waals surface area contributed by atoms with E-state index in [1.165, 1.54) is 6.39 Å². The van der Waals surface area contributed by atoms with Gasteiger partial charge in [-0.2, -0.15) is 0 Å². The van der Waals surface area contributed by atoms with Gasteiger partial charge in [-0.05, 0) is 18.2 Å². The zero-order chi connectivity index (χ0) is 11.5. The Labute approximate surface area is 90.7 Å². The number of carboxylic acid groups (broad SMARTS) is 1. The topological polar surface area (TPSA) is 80.4 Å². The van der Waals surface area contributed by atoms with Crippen LogP contribution in [0.25, 0.3) is 11.1 Å². The van der Waals surface area contributed by atoms with E-state index in [2.05, 4.69) is 4.98 Å². The van der Waals surface area contributed by atoms with E-state index in [1.807, 2.05) is 0 Å². The fraction of sp³-hybridized carbons (Fsp3) is 0.182. The third-order valence-electron chi connectivity index (χ3n) is 2.22. The van der Waals surface area contributed by atoms with Crippen molar-refractivity contribution in [3.8, 4) is 0 Å². The maximum atomic E-state index is 11.6. The van der Waals surface area contributed by atoms with Crippen molar-refractivity contribution >= 4 is 22.9 Å². The van der Waals surface area contributed by atoms with E-state index < -0.39 is 5.97 Å². The van der Waals surface area contributed by atoms with Gasteiger partial charge in [0.2, 0.25) is 0 Å². The van der Waals surface area contributed by atoms with Crippen molar-refractivity contribution in [2.24, 2.45) is 0 Å². The number of aromatic nitrogens is 1. The van der Waals surface area contributed by atoms with Crippen LogP contribution in [-0.2, 0) is 4.79 Å². The van der Waals surface area contributed by atoms with Crippen LogP contribution in [0.4, 0.5) is 0 Å². The lowest BCUT2D eigenvalue weighted by atomic mass is 10.1. The van der Waals surface area contributed by atoms with Crippen molar-refractivity contribution in [2.75, 3.05) is 0 Å². The summed E-state index contributed by atoms with van der Waals surface area (Å²) in [6.45, 7) is 0. The third kappa shape index (κ3) is 2.08. The summed E-state index contributed by atoms with van der Waals surface area (Å²) in [5.74, 6) is -1.18. The van der Waals surface area contributed by atoms with Gasteiger partial charge in [0, 0.05) is 12.0 Å². The van der Waals surface area contributed by atoms with E-state index in [4.69, 9.17) is 9.52 Å². The van der Waals surface area contributed by atoms with Crippen LogP contribution in [0, 0.1) is 0 Å². The van der Waals surface area contributed by atoms with Gasteiger partial charge in [0.1, 0.15) is 5.52 Å². The summed E-state index contributed by atoms with van der Waals surface area (Å²) in [6.07, 6.45) is 1.14. The molecule has 82 valence electrons. The Morgan fingerprint density at radius 3 is 2.88 bits per heavy atom. The predicted octanol–water partition coefficient (Wildman–Crippen LogP) is 1.88. The highest BCUT2D eigenvalue weighted by Gasteiger charge is 2.10.